The molecule has 18 heavy (non-hydrogen) atoms. The number of hydrogen-bond acceptors (Lipinski definition) is 2. The van der Waals surface area contributed by atoms with Crippen LogP contribution in [0.1, 0.15) is 24.8 Å². The van der Waals surface area contributed by atoms with Crippen LogP contribution in [-0.4, -0.2) is 19.5 Å². The summed E-state index contributed by atoms with van der Waals surface area (Å²) in [4.78, 5) is 11.6. The summed E-state index contributed by atoms with van der Waals surface area (Å²) in [7, 11) is 1.67. The van der Waals surface area contributed by atoms with Crippen molar-refractivity contribution in [1.82, 2.24) is 10.6 Å². The molecule has 3 nitrogen and oxygen atoms in total. The van der Waals surface area contributed by atoms with Crippen molar-refractivity contribution >= 4 is 5.91 Å². The average Bonchev–Trinajstić information content (AvgIpc) is 2.24. The summed E-state index contributed by atoms with van der Waals surface area (Å²) in [6.07, 6.45) is 2.30. The molecule has 1 aliphatic rings. The summed E-state index contributed by atoms with van der Waals surface area (Å²) < 4.78 is 26.7. The number of rotatable bonds is 4. The van der Waals surface area contributed by atoms with Crippen LogP contribution in [0.25, 0.3) is 0 Å². The van der Waals surface area contributed by atoms with Crippen LogP contribution in [0.3, 0.4) is 0 Å². The van der Waals surface area contributed by atoms with Gasteiger partial charge in [-0.05, 0) is 32.4 Å². The molecule has 0 aliphatic heterocycles. The van der Waals surface area contributed by atoms with Crippen LogP contribution in [0.2, 0.25) is 0 Å². The number of carbonyl (C=O) groups excluding carboxylic acids is 1. The maximum atomic E-state index is 13.8. The van der Waals surface area contributed by atoms with E-state index in [9.17, 15) is 13.6 Å². The van der Waals surface area contributed by atoms with Crippen molar-refractivity contribution in [2.24, 2.45) is 0 Å². The number of benzene rings is 1. The van der Waals surface area contributed by atoms with Crippen LogP contribution in [0.4, 0.5) is 8.78 Å². The van der Waals surface area contributed by atoms with Gasteiger partial charge in [0.2, 0.25) is 5.91 Å². The molecule has 1 amide bonds. The van der Waals surface area contributed by atoms with Gasteiger partial charge in [-0.15, -0.1) is 0 Å². The Kier molecular flexibility index (Phi) is 3.61. The molecular weight excluding hydrogens is 238 g/mol. The van der Waals surface area contributed by atoms with E-state index < -0.39 is 17.2 Å². The van der Waals surface area contributed by atoms with E-state index in [0.29, 0.717) is 18.4 Å². The summed E-state index contributed by atoms with van der Waals surface area (Å²) >= 11 is 0. The first kappa shape index (κ1) is 13.0. The van der Waals surface area contributed by atoms with Crippen LogP contribution in [0, 0.1) is 11.6 Å². The first-order valence-corrected chi connectivity index (χ1v) is 5.98. The van der Waals surface area contributed by atoms with Crippen molar-refractivity contribution in [3.8, 4) is 0 Å². The molecule has 2 N–H and O–H groups in total. The van der Waals surface area contributed by atoms with Crippen LogP contribution < -0.4 is 10.6 Å². The number of hydrogen-bond donors (Lipinski definition) is 2. The predicted octanol–water partition coefficient (Wildman–Crippen LogP) is 1.68. The van der Waals surface area contributed by atoms with Crippen molar-refractivity contribution < 1.29 is 13.6 Å². The zero-order valence-corrected chi connectivity index (χ0v) is 10.2. The van der Waals surface area contributed by atoms with E-state index >= 15 is 0 Å². The topological polar surface area (TPSA) is 41.1 Å². The van der Waals surface area contributed by atoms with E-state index in [1.165, 1.54) is 12.1 Å². The van der Waals surface area contributed by atoms with Gasteiger partial charge in [0.1, 0.15) is 11.6 Å². The van der Waals surface area contributed by atoms with E-state index in [1.54, 1.807) is 7.05 Å². The minimum absolute atomic E-state index is 0.180. The summed E-state index contributed by atoms with van der Waals surface area (Å²) in [5.41, 5.74) is -0.286. The molecule has 1 saturated carbocycles. The second-order valence-electron chi connectivity index (χ2n) is 4.64. The highest BCUT2D eigenvalue weighted by molar-refractivity contribution is 5.79. The van der Waals surface area contributed by atoms with Crippen molar-refractivity contribution in [1.29, 1.82) is 0 Å². The fourth-order valence-electron chi connectivity index (χ4n) is 2.34. The summed E-state index contributed by atoms with van der Waals surface area (Å²) in [5, 5.41) is 5.59. The lowest BCUT2D eigenvalue weighted by molar-refractivity contribution is -0.123. The minimum atomic E-state index is -0.661. The zero-order chi connectivity index (χ0) is 13.2. The highest BCUT2D eigenvalue weighted by Crippen LogP contribution is 2.42. The third-order valence-electron chi connectivity index (χ3n) is 3.37. The molecule has 0 saturated heterocycles. The first-order chi connectivity index (χ1) is 8.57. The Balaban J connectivity index is 2.24. The van der Waals surface area contributed by atoms with Gasteiger partial charge in [0, 0.05) is 11.6 Å². The van der Waals surface area contributed by atoms with Gasteiger partial charge in [-0.2, -0.15) is 0 Å². The van der Waals surface area contributed by atoms with Gasteiger partial charge >= 0.3 is 0 Å². The fraction of sp³-hybridized carbons (Fsp3) is 0.462. The van der Waals surface area contributed by atoms with E-state index in [0.717, 1.165) is 12.5 Å². The molecule has 2 rings (SSSR count). The van der Waals surface area contributed by atoms with Gasteiger partial charge in [0.05, 0.1) is 12.1 Å². The summed E-state index contributed by atoms with van der Waals surface area (Å²) in [6, 6.07) is 3.51. The molecule has 5 heteroatoms. The monoisotopic (exact) mass is 254 g/mol. The van der Waals surface area contributed by atoms with Gasteiger partial charge in [0.15, 0.2) is 0 Å². The number of amides is 1. The van der Waals surface area contributed by atoms with Crippen LogP contribution in [0.15, 0.2) is 18.2 Å². The normalized spacial score (nSPS) is 17.1. The molecule has 98 valence electrons. The Morgan fingerprint density at radius 3 is 2.61 bits per heavy atom. The lowest BCUT2D eigenvalue weighted by Crippen LogP contribution is -2.53. The number of likely N-dealkylation sites (N-methyl/N-ethyl adjacent to an activating group) is 1. The molecular formula is C13H16F2N2O. The summed E-state index contributed by atoms with van der Waals surface area (Å²) in [5.74, 6) is -1.38. The Hall–Kier alpha value is -1.49. The average molecular weight is 254 g/mol. The fourth-order valence-corrected chi connectivity index (χ4v) is 2.34. The molecule has 1 aromatic carbocycles. The zero-order valence-electron chi connectivity index (χ0n) is 10.2. The number of nitrogens with one attached hydrogen (secondary N) is 2. The standard InChI is InChI=1S/C13H16F2N2O/c1-16-8-12(18)17-13(5-2-6-13)10-4-3-9(14)7-11(10)15/h3-4,7,16H,2,5-6,8H2,1H3,(H,17,18). The van der Waals surface area contributed by atoms with E-state index in [4.69, 9.17) is 0 Å². The van der Waals surface area contributed by atoms with Crippen LogP contribution in [0.5, 0.6) is 0 Å². The molecule has 0 heterocycles. The molecule has 0 spiro atoms. The van der Waals surface area contributed by atoms with Gasteiger partial charge in [-0.1, -0.05) is 6.07 Å². The third-order valence-corrected chi connectivity index (χ3v) is 3.37. The van der Waals surface area contributed by atoms with Crippen molar-refractivity contribution in [2.45, 2.75) is 24.8 Å². The number of carbonyl (C=O) groups is 1. The number of halogens is 2. The molecule has 0 bridgehead atoms. The van der Waals surface area contributed by atoms with E-state index in [1.807, 2.05) is 0 Å². The predicted molar refractivity (Wildman–Crippen MR) is 64.0 cm³/mol. The Morgan fingerprint density at radius 1 is 1.39 bits per heavy atom. The highest BCUT2D eigenvalue weighted by Gasteiger charge is 2.41. The van der Waals surface area contributed by atoms with Gasteiger partial charge in [0.25, 0.3) is 0 Å². The molecule has 0 aromatic heterocycles. The smallest absolute Gasteiger partial charge is 0.234 e. The molecule has 1 fully saturated rings. The SMILES string of the molecule is CNCC(=O)NC1(c2ccc(F)cc2F)CCC1. The minimum Gasteiger partial charge on any atom is -0.345 e. The highest BCUT2D eigenvalue weighted by atomic mass is 19.1. The second kappa shape index (κ2) is 5.02. The molecule has 0 atom stereocenters. The Labute approximate surface area is 105 Å². The van der Waals surface area contributed by atoms with Gasteiger partial charge in [-0.3, -0.25) is 4.79 Å². The second-order valence-corrected chi connectivity index (χ2v) is 4.64. The maximum absolute atomic E-state index is 13.8. The van der Waals surface area contributed by atoms with Crippen LogP contribution >= 0.6 is 0 Å². The quantitative estimate of drug-likeness (QED) is 0.858. The van der Waals surface area contributed by atoms with Gasteiger partial charge < -0.3 is 10.6 Å². The van der Waals surface area contributed by atoms with Gasteiger partial charge in [-0.25, -0.2) is 8.78 Å². The first-order valence-electron chi connectivity index (χ1n) is 5.98. The summed E-state index contributed by atoms with van der Waals surface area (Å²) in [6.45, 7) is 0.185. The van der Waals surface area contributed by atoms with E-state index in [-0.39, 0.29) is 12.5 Å². The largest absolute Gasteiger partial charge is 0.345 e. The van der Waals surface area contributed by atoms with E-state index in [2.05, 4.69) is 10.6 Å². The lowest BCUT2D eigenvalue weighted by Gasteiger charge is -2.43. The third kappa shape index (κ3) is 2.36. The molecule has 0 radical (unpaired) electrons. The molecule has 1 aromatic rings. The van der Waals surface area contributed by atoms with Crippen molar-refractivity contribution in [3.63, 3.8) is 0 Å². The maximum Gasteiger partial charge on any atom is 0.234 e. The van der Waals surface area contributed by atoms with Crippen LogP contribution in [-0.2, 0) is 10.3 Å². The van der Waals surface area contributed by atoms with Crippen molar-refractivity contribution in [2.75, 3.05) is 13.6 Å². The lowest BCUT2D eigenvalue weighted by atomic mass is 9.71. The van der Waals surface area contributed by atoms with Crippen molar-refractivity contribution in [3.05, 3.63) is 35.4 Å². The Bertz CT molecular complexity index is 458. The Morgan fingerprint density at radius 2 is 2.11 bits per heavy atom. The molecule has 0 unspecified atom stereocenters. The molecule has 1 aliphatic carbocycles.